The number of rotatable bonds is 5. The summed E-state index contributed by atoms with van der Waals surface area (Å²) in [4.78, 5) is 6.66. The van der Waals surface area contributed by atoms with Gasteiger partial charge in [0.2, 0.25) is 0 Å². The molecule has 1 aliphatic heterocycles. The van der Waals surface area contributed by atoms with Crippen LogP contribution in [0.25, 0.3) is 0 Å². The molecule has 1 aromatic rings. The first-order chi connectivity index (χ1) is 9.08. The summed E-state index contributed by atoms with van der Waals surface area (Å²) in [7, 11) is 0. The number of pyridine rings is 1. The van der Waals surface area contributed by atoms with Crippen molar-refractivity contribution >= 4 is 15.9 Å². The number of hydrogen-bond acceptors (Lipinski definition) is 4. The molecule has 0 radical (unpaired) electrons. The van der Waals surface area contributed by atoms with Gasteiger partial charge in [-0.3, -0.25) is 9.88 Å². The van der Waals surface area contributed by atoms with E-state index in [2.05, 4.69) is 51.0 Å². The number of aromatic nitrogens is 1. The lowest BCUT2D eigenvalue weighted by Gasteiger charge is -2.41. The normalized spacial score (nSPS) is 17.6. The Labute approximate surface area is 123 Å². The lowest BCUT2D eigenvalue weighted by Crippen LogP contribution is -2.54. The van der Waals surface area contributed by atoms with Crippen LogP contribution in [0.2, 0.25) is 0 Å². The molecule has 19 heavy (non-hydrogen) atoms. The average Bonchev–Trinajstić information content (AvgIpc) is 2.40. The number of morpholine rings is 1. The van der Waals surface area contributed by atoms with E-state index in [-0.39, 0.29) is 5.54 Å². The van der Waals surface area contributed by atoms with Crippen LogP contribution in [0.15, 0.2) is 22.9 Å². The first kappa shape index (κ1) is 14.9. The highest BCUT2D eigenvalue weighted by molar-refractivity contribution is 9.10. The van der Waals surface area contributed by atoms with E-state index >= 15 is 0 Å². The van der Waals surface area contributed by atoms with Gasteiger partial charge in [0.15, 0.2) is 0 Å². The molecule has 0 unspecified atom stereocenters. The fourth-order valence-electron chi connectivity index (χ4n) is 2.35. The van der Waals surface area contributed by atoms with Crippen LogP contribution in [-0.4, -0.2) is 48.3 Å². The van der Waals surface area contributed by atoms with Crippen molar-refractivity contribution in [2.45, 2.75) is 25.9 Å². The summed E-state index contributed by atoms with van der Waals surface area (Å²) in [5, 5.41) is 3.52. The van der Waals surface area contributed by atoms with Gasteiger partial charge < -0.3 is 10.1 Å². The molecule has 1 aliphatic rings. The van der Waals surface area contributed by atoms with Crippen molar-refractivity contribution in [2.24, 2.45) is 0 Å². The molecular formula is C14H22BrN3O. The molecule has 1 N–H and O–H groups in total. The minimum atomic E-state index is 0.156. The molecule has 0 amide bonds. The van der Waals surface area contributed by atoms with Crippen LogP contribution in [-0.2, 0) is 11.3 Å². The summed E-state index contributed by atoms with van der Waals surface area (Å²) in [6, 6.07) is 2.10. The minimum absolute atomic E-state index is 0.156. The lowest BCUT2D eigenvalue weighted by molar-refractivity contribution is -0.00967. The molecule has 106 valence electrons. The Hall–Kier alpha value is -0.490. The predicted molar refractivity (Wildman–Crippen MR) is 80.1 cm³/mol. The van der Waals surface area contributed by atoms with Crippen LogP contribution in [0, 0.1) is 0 Å². The highest BCUT2D eigenvalue weighted by Gasteiger charge is 2.27. The molecule has 0 aliphatic carbocycles. The first-order valence-electron chi connectivity index (χ1n) is 6.71. The van der Waals surface area contributed by atoms with Gasteiger partial charge in [-0.15, -0.1) is 0 Å². The van der Waals surface area contributed by atoms with E-state index in [4.69, 9.17) is 4.74 Å². The van der Waals surface area contributed by atoms with Crippen molar-refractivity contribution in [3.05, 3.63) is 28.5 Å². The van der Waals surface area contributed by atoms with Crippen molar-refractivity contribution in [1.29, 1.82) is 0 Å². The number of nitrogens with zero attached hydrogens (tertiary/aromatic N) is 2. The van der Waals surface area contributed by atoms with Gasteiger partial charge in [-0.2, -0.15) is 0 Å². The monoisotopic (exact) mass is 327 g/mol. The molecule has 4 nitrogen and oxygen atoms in total. The Morgan fingerprint density at radius 2 is 2.11 bits per heavy atom. The summed E-state index contributed by atoms with van der Waals surface area (Å²) in [5.74, 6) is 0. The molecule has 5 heteroatoms. The SMILES string of the molecule is CC(C)(CNCc1cncc(Br)c1)N1CCOCC1. The summed E-state index contributed by atoms with van der Waals surface area (Å²) >= 11 is 3.44. The van der Waals surface area contributed by atoms with Crippen LogP contribution in [0.3, 0.4) is 0 Å². The van der Waals surface area contributed by atoms with Gasteiger partial charge in [-0.05, 0) is 41.4 Å². The molecule has 0 atom stereocenters. The molecule has 1 saturated heterocycles. The summed E-state index contributed by atoms with van der Waals surface area (Å²) in [6.07, 6.45) is 3.71. The molecule has 0 aromatic carbocycles. The maximum Gasteiger partial charge on any atom is 0.0594 e. The number of nitrogens with one attached hydrogen (secondary N) is 1. The smallest absolute Gasteiger partial charge is 0.0594 e. The zero-order valence-corrected chi connectivity index (χ0v) is 13.2. The minimum Gasteiger partial charge on any atom is -0.379 e. The molecule has 0 bridgehead atoms. The maximum atomic E-state index is 5.41. The van der Waals surface area contributed by atoms with E-state index in [0.717, 1.165) is 43.9 Å². The van der Waals surface area contributed by atoms with Gasteiger partial charge in [-0.1, -0.05) is 0 Å². The number of halogens is 1. The molecule has 1 fully saturated rings. The van der Waals surface area contributed by atoms with E-state index in [1.165, 1.54) is 5.56 Å². The van der Waals surface area contributed by atoms with Gasteiger partial charge >= 0.3 is 0 Å². The van der Waals surface area contributed by atoms with Crippen LogP contribution in [0.4, 0.5) is 0 Å². The summed E-state index contributed by atoms with van der Waals surface area (Å²) in [5.41, 5.74) is 1.36. The number of hydrogen-bond donors (Lipinski definition) is 1. The summed E-state index contributed by atoms with van der Waals surface area (Å²) in [6.45, 7) is 10.1. The zero-order valence-electron chi connectivity index (χ0n) is 11.7. The Kier molecular flexibility index (Phi) is 5.33. The van der Waals surface area contributed by atoms with E-state index in [9.17, 15) is 0 Å². The summed E-state index contributed by atoms with van der Waals surface area (Å²) < 4.78 is 6.43. The van der Waals surface area contributed by atoms with Crippen LogP contribution in [0.1, 0.15) is 19.4 Å². The maximum absolute atomic E-state index is 5.41. The standard InChI is InChI=1S/C14H22BrN3O/c1-14(2,18-3-5-19-6-4-18)11-17-9-12-7-13(15)10-16-8-12/h7-8,10,17H,3-6,9,11H2,1-2H3. The van der Waals surface area contributed by atoms with Crippen LogP contribution < -0.4 is 5.32 Å². The Balaban J connectivity index is 1.80. The van der Waals surface area contributed by atoms with Gasteiger partial charge in [-0.25, -0.2) is 0 Å². The van der Waals surface area contributed by atoms with Crippen molar-refractivity contribution in [2.75, 3.05) is 32.8 Å². The fraction of sp³-hybridized carbons (Fsp3) is 0.643. The van der Waals surface area contributed by atoms with Gasteiger partial charge in [0, 0.05) is 48.6 Å². The lowest BCUT2D eigenvalue weighted by atomic mass is 10.0. The molecule has 0 saturated carbocycles. The number of ether oxygens (including phenoxy) is 1. The van der Waals surface area contributed by atoms with Gasteiger partial charge in [0.1, 0.15) is 0 Å². The molecule has 2 rings (SSSR count). The third-order valence-electron chi connectivity index (χ3n) is 3.52. The van der Waals surface area contributed by atoms with Crippen molar-refractivity contribution in [1.82, 2.24) is 15.2 Å². The fourth-order valence-corrected chi connectivity index (χ4v) is 2.76. The van der Waals surface area contributed by atoms with E-state index < -0.39 is 0 Å². The third kappa shape index (κ3) is 4.53. The second-order valence-corrected chi connectivity index (χ2v) is 6.44. The second kappa shape index (κ2) is 6.79. The molecular weight excluding hydrogens is 306 g/mol. The first-order valence-corrected chi connectivity index (χ1v) is 7.50. The Morgan fingerprint density at radius 3 is 2.79 bits per heavy atom. The highest BCUT2D eigenvalue weighted by Crippen LogP contribution is 2.15. The van der Waals surface area contributed by atoms with Gasteiger partial charge in [0.25, 0.3) is 0 Å². The zero-order chi connectivity index (χ0) is 13.7. The van der Waals surface area contributed by atoms with E-state index in [1.54, 1.807) is 6.20 Å². The van der Waals surface area contributed by atoms with Crippen LogP contribution >= 0.6 is 15.9 Å². The predicted octanol–water partition coefficient (Wildman–Crippen LogP) is 2.04. The topological polar surface area (TPSA) is 37.4 Å². The highest BCUT2D eigenvalue weighted by atomic mass is 79.9. The second-order valence-electron chi connectivity index (χ2n) is 5.53. The third-order valence-corrected chi connectivity index (χ3v) is 3.95. The Bertz CT molecular complexity index is 405. The van der Waals surface area contributed by atoms with Crippen molar-refractivity contribution in [3.63, 3.8) is 0 Å². The van der Waals surface area contributed by atoms with Crippen LogP contribution in [0.5, 0.6) is 0 Å². The van der Waals surface area contributed by atoms with Crippen molar-refractivity contribution < 1.29 is 4.74 Å². The largest absolute Gasteiger partial charge is 0.379 e. The quantitative estimate of drug-likeness (QED) is 0.898. The molecule has 0 spiro atoms. The van der Waals surface area contributed by atoms with E-state index in [0.29, 0.717) is 0 Å². The van der Waals surface area contributed by atoms with Gasteiger partial charge in [0.05, 0.1) is 13.2 Å². The van der Waals surface area contributed by atoms with E-state index in [1.807, 2.05) is 6.20 Å². The molecule has 1 aromatic heterocycles. The average molecular weight is 328 g/mol. The van der Waals surface area contributed by atoms with Crippen molar-refractivity contribution in [3.8, 4) is 0 Å². The molecule has 2 heterocycles. The Morgan fingerprint density at radius 1 is 1.37 bits per heavy atom.